The number of aliphatic imine (C=N–C) groups is 1. The first-order valence-corrected chi connectivity index (χ1v) is 11.0. The highest BCUT2D eigenvalue weighted by atomic mass is 35.5. The van der Waals surface area contributed by atoms with Gasteiger partial charge in [0, 0.05) is 23.6 Å². The van der Waals surface area contributed by atoms with Crippen LogP contribution in [0.5, 0.6) is 0 Å². The van der Waals surface area contributed by atoms with Gasteiger partial charge in [-0.3, -0.25) is 15.6 Å². The summed E-state index contributed by atoms with van der Waals surface area (Å²) in [6.07, 6.45) is 0.614. The summed E-state index contributed by atoms with van der Waals surface area (Å²) in [5, 5.41) is 7.61. The molecule has 4 N–H and O–H groups in total. The molecule has 0 spiro atoms. The molecule has 0 radical (unpaired) electrons. The SMILES string of the molecule is CCc1cc(C(=O)NNC(N)=NCc2ccc(-c3cc(Cl)cc(F)c3-c3noc(C)n3)cc2F)on1. The Morgan fingerprint density at radius 1 is 1.11 bits per heavy atom. The fraction of sp³-hybridized carbons (Fsp3) is 0.174. The number of nitrogens with one attached hydrogen (secondary N) is 2. The zero-order chi connectivity index (χ0) is 25.8. The number of hydrazine groups is 1. The zero-order valence-electron chi connectivity index (χ0n) is 19.1. The molecule has 0 unspecified atom stereocenters. The number of aromatic nitrogens is 3. The predicted molar refractivity (Wildman–Crippen MR) is 127 cm³/mol. The molecule has 4 aromatic rings. The van der Waals surface area contributed by atoms with E-state index in [4.69, 9.17) is 26.4 Å². The highest BCUT2D eigenvalue weighted by Crippen LogP contribution is 2.36. The second kappa shape index (κ2) is 10.5. The van der Waals surface area contributed by atoms with Crippen LogP contribution in [-0.2, 0) is 13.0 Å². The maximum atomic E-state index is 14.9. The first kappa shape index (κ1) is 24.8. The standard InChI is InChI=1S/C23H20ClF2N7O3/c1-3-15-9-19(36-32-15)22(34)30-31-23(27)28-10-13-5-4-12(6-17(13)25)16-7-14(24)8-18(26)20(16)21-29-11(2)35-33-21/h4-9H,3,10H2,1-2H3,(H,30,34)(H3,27,28,31). The Kier molecular flexibility index (Phi) is 7.25. The number of nitrogens with two attached hydrogens (primary N) is 1. The summed E-state index contributed by atoms with van der Waals surface area (Å²) in [5.74, 6) is -1.78. The summed E-state index contributed by atoms with van der Waals surface area (Å²) in [6, 6.07) is 8.37. The van der Waals surface area contributed by atoms with E-state index in [-0.39, 0.29) is 51.7 Å². The lowest BCUT2D eigenvalue weighted by Gasteiger charge is -2.11. The Balaban J connectivity index is 1.49. The molecule has 0 bridgehead atoms. The summed E-state index contributed by atoms with van der Waals surface area (Å²) >= 11 is 6.04. The number of hydrogen-bond acceptors (Lipinski definition) is 7. The van der Waals surface area contributed by atoms with Gasteiger partial charge in [0.2, 0.25) is 23.4 Å². The van der Waals surface area contributed by atoms with E-state index in [0.717, 1.165) is 6.07 Å². The molecule has 0 aliphatic rings. The van der Waals surface area contributed by atoms with Gasteiger partial charge in [0.1, 0.15) is 11.6 Å². The van der Waals surface area contributed by atoms with Gasteiger partial charge in [0.05, 0.1) is 17.8 Å². The highest BCUT2D eigenvalue weighted by molar-refractivity contribution is 6.31. The number of benzene rings is 2. The third kappa shape index (κ3) is 5.49. The Morgan fingerprint density at radius 3 is 2.58 bits per heavy atom. The third-order valence-corrected chi connectivity index (χ3v) is 5.26. The Morgan fingerprint density at radius 2 is 1.92 bits per heavy atom. The van der Waals surface area contributed by atoms with Crippen LogP contribution in [0.2, 0.25) is 5.02 Å². The van der Waals surface area contributed by atoms with Crippen molar-refractivity contribution in [1.29, 1.82) is 0 Å². The molecular formula is C23H20ClF2N7O3. The Bertz CT molecular complexity index is 1450. The van der Waals surface area contributed by atoms with Crippen molar-refractivity contribution >= 4 is 23.5 Å². The smallest absolute Gasteiger partial charge is 0.308 e. The van der Waals surface area contributed by atoms with Gasteiger partial charge in [-0.05, 0) is 35.7 Å². The number of halogens is 3. The van der Waals surface area contributed by atoms with E-state index < -0.39 is 17.5 Å². The maximum absolute atomic E-state index is 14.9. The number of guanidine groups is 1. The normalized spacial score (nSPS) is 11.5. The largest absolute Gasteiger partial charge is 0.369 e. The fourth-order valence-electron chi connectivity index (χ4n) is 3.25. The molecule has 10 nitrogen and oxygen atoms in total. The lowest BCUT2D eigenvalue weighted by atomic mass is 9.97. The summed E-state index contributed by atoms with van der Waals surface area (Å²) in [7, 11) is 0. The van der Waals surface area contributed by atoms with Gasteiger partial charge in [-0.2, -0.15) is 4.98 Å². The minimum Gasteiger partial charge on any atom is -0.369 e. The molecule has 4 rings (SSSR count). The molecule has 2 aromatic carbocycles. The van der Waals surface area contributed by atoms with Crippen molar-refractivity contribution in [2.24, 2.45) is 10.7 Å². The van der Waals surface area contributed by atoms with Crippen LogP contribution in [0.3, 0.4) is 0 Å². The van der Waals surface area contributed by atoms with Crippen LogP contribution >= 0.6 is 11.6 Å². The first-order valence-electron chi connectivity index (χ1n) is 10.7. The number of rotatable bonds is 6. The third-order valence-electron chi connectivity index (χ3n) is 5.04. The van der Waals surface area contributed by atoms with E-state index in [1.807, 2.05) is 6.92 Å². The van der Waals surface area contributed by atoms with Crippen molar-refractivity contribution in [1.82, 2.24) is 26.1 Å². The lowest BCUT2D eigenvalue weighted by molar-refractivity contribution is 0.0906. The molecule has 0 saturated carbocycles. The van der Waals surface area contributed by atoms with Crippen molar-refractivity contribution in [2.75, 3.05) is 0 Å². The first-order chi connectivity index (χ1) is 17.2. The van der Waals surface area contributed by atoms with Crippen LogP contribution < -0.4 is 16.6 Å². The second-order valence-corrected chi connectivity index (χ2v) is 8.01. The Hall–Kier alpha value is -4.32. The van der Waals surface area contributed by atoms with Gasteiger partial charge in [0.25, 0.3) is 0 Å². The fourth-order valence-corrected chi connectivity index (χ4v) is 3.46. The van der Waals surface area contributed by atoms with Crippen LogP contribution in [0.1, 0.15) is 34.6 Å². The van der Waals surface area contributed by atoms with Crippen LogP contribution in [0.15, 0.2) is 50.4 Å². The number of carbonyl (C=O) groups is 1. The number of nitrogens with zero attached hydrogens (tertiary/aromatic N) is 4. The van der Waals surface area contributed by atoms with Crippen molar-refractivity contribution in [2.45, 2.75) is 26.8 Å². The molecule has 0 atom stereocenters. The van der Waals surface area contributed by atoms with Crippen molar-refractivity contribution in [3.8, 4) is 22.5 Å². The minimum absolute atomic E-state index is 0.00147. The number of amides is 1. The van der Waals surface area contributed by atoms with E-state index in [1.54, 1.807) is 13.0 Å². The van der Waals surface area contributed by atoms with E-state index in [9.17, 15) is 13.6 Å². The van der Waals surface area contributed by atoms with Crippen molar-refractivity contribution < 1.29 is 22.6 Å². The predicted octanol–water partition coefficient (Wildman–Crippen LogP) is 3.94. The molecule has 0 fully saturated rings. The molecule has 0 saturated heterocycles. The van der Waals surface area contributed by atoms with Gasteiger partial charge in [-0.15, -0.1) is 0 Å². The minimum atomic E-state index is -0.676. The van der Waals surface area contributed by atoms with E-state index >= 15 is 0 Å². The Labute approximate surface area is 208 Å². The molecule has 186 valence electrons. The molecule has 2 aromatic heterocycles. The summed E-state index contributed by atoms with van der Waals surface area (Å²) in [4.78, 5) is 20.1. The topological polar surface area (TPSA) is 144 Å². The van der Waals surface area contributed by atoms with Crippen LogP contribution in [0.4, 0.5) is 8.78 Å². The van der Waals surface area contributed by atoms with Crippen LogP contribution in [0, 0.1) is 18.6 Å². The summed E-state index contributed by atoms with van der Waals surface area (Å²) < 4.78 is 39.5. The highest BCUT2D eigenvalue weighted by Gasteiger charge is 2.20. The van der Waals surface area contributed by atoms with Gasteiger partial charge >= 0.3 is 5.91 Å². The van der Waals surface area contributed by atoms with Crippen LogP contribution in [-0.4, -0.2) is 27.2 Å². The zero-order valence-corrected chi connectivity index (χ0v) is 19.9. The molecule has 2 heterocycles. The number of hydrogen-bond donors (Lipinski definition) is 3. The van der Waals surface area contributed by atoms with Gasteiger partial charge < -0.3 is 14.8 Å². The van der Waals surface area contributed by atoms with Gasteiger partial charge in [-0.1, -0.05) is 41.0 Å². The maximum Gasteiger partial charge on any atom is 0.308 e. The molecule has 0 aliphatic heterocycles. The molecule has 13 heteroatoms. The lowest BCUT2D eigenvalue weighted by Crippen LogP contribution is -2.45. The van der Waals surface area contributed by atoms with Crippen LogP contribution in [0.25, 0.3) is 22.5 Å². The second-order valence-electron chi connectivity index (χ2n) is 7.57. The van der Waals surface area contributed by atoms with Crippen molar-refractivity contribution in [3.05, 3.63) is 76.0 Å². The molecule has 1 amide bonds. The van der Waals surface area contributed by atoms with E-state index in [0.29, 0.717) is 17.7 Å². The summed E-state index contributed by atoms with van der Waals surface area (Å²) in [5.41, 5.74) is 12.0. The average Bonchev–Trinajstić information content (AvgIpc) is 3.50. The molecular weight excluding hydrogens is 496 g/mol. The van der Waals surface area contributed by atoms with Gasteiger partial charge in [-0.25, -0.2) is 13.8 Å². The monoisotopic (exact) mass is 515 g/mol. The average molecular weight is 516 g/mol. The number of carbonyl (C=O) groups excluding carboxylic acids is 1. The van der Waals surface area contributed by atoms with E-state index in [2.05, 4.69) is 31.1 Å². The quantitative estimate of drug-likeness (QED) is 0.199. The molecule has 0 aliphatic carbocycles. The molecule has 36 heavy (non-hydrogen) atoms. The summed E-state index contributed by atoms with van der Waals surface area (Å²) in [6.45, 7) is 3.31. The number of aryl methyl sites for hydroxylation is 2. The van der Waals surface area contributed by atoms with Gasteiger partial charge in [0.15, 0.2) is 0 Å². The van der Waals surface area contributed by atoms with Crippen molar-refractivity contribution in [3.63, 3.8) is 0 Å². The van der Waals surface area contributed by atoms with E-state index in [1.165, 1.54) is 24.3 Å².